The van der Waals surface area contributed by atoms with Crippen molar-refractivity contribution in [1.29, 1.82) is 0 Å². The van der Waals surface area contributed by atoms with E-state index in [0.29, 0.717) is 6.54 Å². The lowest BCUT2D eigenvalue weighted by Crippen LogP contribution is -2.44. The molecule has 1 fully saturated rings. The molecule has 1 aliphatic carbocycles. The molecule has 4 aromatic rings. The molecule has 0 spiro atoms. The zero-order chi connectivity index (χ0) is 30.2. The van der Waals surface area contributed by atoms with Crippen LogP contribution in [0, 0.1) is 18.3 Å². The second-order valence-corrected chi connectivity index (χ2v) is 17.3. The van der Waals surface area contributed by atoms with E-state index >= 15 is 0 Å². The van der Waals surface area contributed by atoms with Gasteiger partial charge in [0.15, 0.2) is 8.32 Å². The highest BCUT2D eigenvalue weighted by Gasteiger charge is 2.44. The van der Waals surface area contributed by atoms with Crippen molar-refractivity contribution in [2.75, 3.05) is 19.5 Å². The van der Waals surface area contributed by atoms with Crippen LogP contribution < -0.4 is 14.8 Å². The van der Waals surface area contributed by atoms with Crippen LogP contribution in [-0.2, 0) is 18.0 Å². The average Bonchev–Trinajstić information content (AvgIpc) is 3.67. The van der Waals surface area contributed by atoms with Gasteiger partial charge in [0, 0.05) is 55.1 Å². The molecule has 10 heteroatoms. The first-order valence-corrected chi connectivity index (χ1v) is 17.3. The minimum Gasteiger partial charge on any atom is -0.497 e. The normalized spacial score (nSPS) is 19.2. The first-order chi connectivity index (χ1) is 20.0. The number of benzene rings is 1. The van der Waals surface area contributed by atoms with Crippen molar-refractivity contribution in [3.8, 4) is 35.1 Å². The zero-order valence-electron chi connectivity index (χ0n) is 25.9. The molecule has 0 bridgehead atoms. The zero-order valence-corrected chi connectivity index (χ0v) is 26.9. The maximum absolute atomic E-state index is 6.88. The van der Waals surface area contributed by atoms with Crippen molar-refractivity contribution in [3.05, 3.63) is 48.5 Å². The SMILES string of the molecule is C#C[C@H]1C[C@@H](n2cc(-c3ccn(C)n3)c3c(NCc4ccc(OC)cc4OC)ncnc32)C[C@@H]1O[Si](C)(C)C(C)(C)C. The second-order valence-electron chi connectivity index (χ2n) is 12.6. The van der Waals surface area contributed by atoms with Gasteiger partial charge < -0.3 is 23.8 Å². The van der Waals surface area contributed by atoms with Crippen LogP contribution in [0.2, 0.25) is 18.1 Å². The van der Waals surface area contributed by atoms with Crippen molar-refractivity contribution < 1.29 is 13.9 Å². The lowest BCUT2D eigenvalue weighted by atomic mass is 10.1. The Morgan fingerprint density at radius 2 is 1.90 bits per heavy atom. The Hall–Kier alpha value is -3.81. The number of terminal acetylenes is 1. The number of methoxy groups -OCH3 is 2. The summed E-state index contributed by atoms with van der Waals surface area (Å²) >= 11 is 0. The smallest absolute Gasteiger partial charge is 0.192 e. The summed E-state index contributed by atoms with van der Waals surface area (Å²) < 4.78 is 21.9. The summed E-state index contributed by atoms with van der Waals surface area (Å²) in [4.78, 5) is 9.47. The molecule has 0 radical (unpaired) electrons. The van der Waals surface area contributed by atoms with Crippen LogP contribution >= 0.6 is 0 Å². The number of nitrogens with one attached hydrogen (secondary N) is 1. The summed E-state index contributed by atoms with van der Waals surface area (Å²) in [6.45, 7) is 11.9. The van der Waals surface area contributed by atoms with Gasteiger partial charge in [-0.25, -0.2) is 9.97 Å². The van der Waals surface area contributed by atoms with Crippen LogP contribution in [0.1, 0.15) is 45.2 Å². The van der Waals surface area contributed by atoms with Crippen LogP contribution in [-0.4, -0.2) is 53.0 Å². The molecular weight excluding hydrogens is 544 g/mol. The van der Waals surface area contributed by atoms with Gasteiger partial charge in [0.05, 0.1) is 31.4 Å². The van der Waals surface area contributed by atoms with E-state index in [1.54, 1.807) is 20.5 Å². The molecule has 1 N–H and O–H groups in total. The Balaban J connectivity index is 1.52. The van der Waals surface area contributed by atoms with Gasteiger partial charge in [0.2, 0.25) is 0 Å². The fourth-order valence-corrected chi connectivity index (χ4v) is 6.86. The fourth-order valence-electron chi connectivity index (χ4n) is 5.49. The first kappa shape index (κ1) is 29.7. The minimum absolute atomic E-state index is 0.0126. The molecule has 222 valence electrons. The van der Waals surface area contributed by atoms with E-state index in [4.69, 9.17) is 30.4 Å². The molecule has 1 aliphatic rings. The number of aryl methyl sites for hydroxylation is 1. The van der Waals surface area contributed by atoms with Gasteiger partial charge in [0.1, 0.15) is 29.3 Å². The molecule has 1 saturated carbocycles. The van der Waals surface area contributed by atoms with Gasteiger partial charge in [-0.05, 0) is 49.2 Å². The van der Waals surface area contributed by atoms with E-state index < -0.39 is 8.32 Å². The van der Waals surface area contributed by atoms with Crippen LogP contribution in [0.4, 0.5) is 5.82 Å². The number of anilines is 1. The molecule has 3 atom stereocenters. The number of hydrogen-bond acceptors (Lipinski definition) is 7. The lowest BCUT2D eigenvalue weighted by molar-refractivity contribution is 0.161. The second kappa shape index (κ2) is 11.5. The standard InChI is InChI=1S/C32H42N6O3Si/c1-10-21-15-23(16-28(21)41-42(8,9)32(2,3)4)38-19-25(26-13-14-37(5)36-26)29-30(34-20-35-31(29)38)33-18-22-11-12-24(39-6)17-27(22)40-7/h1,11-14,17,19-21,23,28H,15-16,18H2,2-9H3,(H,33,34,35)/t21-,23+,28-/m0/s1. The third kappa shape index (κ3) is 5.63. The van der Waals surface area contributed by atoms with Gasteiger partial charge in [-0.15, -0.1) is 12.3 Å². The van der Waals surface area contributed by atoms with E-state index in [9.17, 15) is 0 Å². The van der Waals surface area contributed by atoms with E-state index in [-0.39, 0.29) is 23.1 Å². The molecule has 9 nitrogen and oxygen atoms in total. The number of hydrogen-bond donors (Lipinski definition) is 1. The lowest BCUT2D eigenvalue weighted by Gasteiger charge is -2.39. The summed E-state index contributed by atoms with van der Waals surface area (Å²) in [5, 5.41) is 9.31. The summed E-state index contributed by atoms with van der Waals surface area (Å²) in [6.07, 6.45) is 13.5. The molecule has 3 heterocycles. The van der Waals surface area contributed by atoms with Crippen LogP contribution in [0.25, 0.3) is 22.3 Å². The number of rotatable bonds is 9. The highest BCUT2D eigenvalue weighted by molar-refractivity contribution is 6.74. The molecule has 0 saturated heterocycles. The number of ether oxygens (including phenoxy) is 2. The highest BCUT2D eigenvalue weighted by atomic mass is 28.4. The van der Waals surface area contributed by atoms with Gasteiger partial charge in [-0.2, -0.15) is 5.10 Å². The maximum Gasteiger partial charge on any atom is 0.192 e. The van der Waals surface area contributed by atoms with Crippen LogP contribution in [0.5, 0.6) is 11.5 Å². The van der Waals surface area contributed by atoms with Crippen molar-refractivity contribution in [2.45, 2.75) is 70.4 Å². The molecule has 0 aliphatic heterocycles. The number of fused-ring (bicyclic) bond motifs is 1. The largest absolute Gasteiger partial charge is 0.497 e. The minimum atomic E-state index is -1.99. The Labute approximate surface area is 249 Å². The van der Waals surface area contributed by atoms with Gasteiger partial charge >= 0.3 is 0 Å². The van der Waals surface area contributed by atoms with E-state index in [1.807, 2.05) is 42.2 Å². The highest BCUT2D eigenvalue weighted by Crippen LogP contribution is 2.45. The van der Waals surface area contributed by atoms with Gasteiger partial charge in [-0.3, -0.25) is 4.68 Å². The third-order valence-corrected chi connectivity index (χ3v) is 13.4. The quantitative estimate of drug-likeness (QED) is 0.178. The summed E-state index contributed by atoms with van der Waals surface area (Å²) in [5.74, 6) is 5.31. The topological polar surface area (TPSA) is 88.3 Å². The molecule has 0 amide bonds. The monoisotopic (exact) mass is 586 g/mol. The molecule has 5 rings (SSSR count). The molecule has 0 unspecified atom stereocenters. The Kier molecular flexibility index (Phi) is 8.10. The van der Waals surface area contributed by atoms with E-state index in [1.165, 1.54) is 0 Å². The van der Waals surface area contributed by atoms with Crippen molar-refractivity contribution in [2.24, 2.45) is 13.0 Å². The average molecular weight is 587 g/mol. The molecule has 42 heavy (non-hydrogen) atoms. The number of aromatic nitrogens is 5. The van der Waals surface area contributed by atoms with Gasteiger partial charge in [-0.1, -0.05) is 20.8 Å². The van der Waals surface area contributed by atoms with Crippen LogP contribution in [0.15, 0.2) is 43.0 Å². The maximum atomic E-state index is 6.88. The summed E-state index contributed by atoms with van der Waals surface area (Å²) in [6, 6.07) is 7.96. The Morgan fingerprint density at radius 1 is 1.12 bits per heavy atom. The van der Waals surface area contributed by atoms with E-state index in [0.717, 1.165) is 58.0 Å². The Bertz CT molecular complexity index is 1610. The first-order valence-electron chi connectivity index (χ1n) is 14.4. The predicted molar refractivity (Wildman–Crippen MR) is 169 cm³/mol. The van der Waals surface area contributed by atoms with E-state index in [2.05, 4.69) is 60.9 Å². The van der Waals surface area contributed by atoms with Crippen molar-refractivity contribution in [1.82, 2.24) is 24.3 Å². The summed E-state index contributed by atoms with van der Waals surface area (Å²) in [5.41, 5.74) is 3.67. The van der Waals surface area contributed by atoms with Gasteiger partial charge in [0.25, 0.3) is 0 Å². The van der Waals surface area contributed by atoms with Crippen molar-refractivity contribution in [3.63, 3.8) is 0 Å². The molecular formula is C32H42N6O3Si. The summed E-state index contributed by atoms with van der Waals surface area (Å²) in [7, 11) is 3.23. The Morgan fingerprint density at radius 3 is 2.55 bits per heavy atom. The fraction of sp³-hybridized carbons (Fsp3) is 0.469. The van der Waals surface area contributed by atoms with Crippen molar-refractivity contribution >= 4 is 25.2 Å². The third-order valence-electron chi connectivity index (χ3n) is 8.88. The predicted octanol–water partition coefficient (Wildman–Crippen LogP) is 6.44. The number of nitrogens with zero attached hydrogens (tertiary/aromatic N) is 5. The molecule has 3 aromatic heterocycles. The molecule has 1 aromatic carbocycles. The van der Waals surface area contributed by atoms with Crippen LogP contribution in [0.3, 0.4) is 0 Å².